The molecular weight excluding hydrogens is 726 g/mol. The van der Waals surface area contributed by atoms with Crippen LogP contribution in [-0.4, -0.2) is 87.3 Å². The van der Waals surface area contributed by atoms with E-state index in [2.05, 4.69) is 55.8 Å². The summed E-state index contributed by atoms with van der Waals surface area (Å²) >= 11 is 0. The van der Waals surface area contributed by atoms with Crippen molar-refractivity contribution in [1.29, 1.82) is 0 Å². The van der Waals surface area contributed by atoms with Crippen LogP contribution in [0.15, 0.2) is 93.5 Å². The Morgan fingerprint density at radius 3 is 1.38 bits per heavy atom. The monoisotopic (exact) mass is 757 g/mol. The van der Waals surface area contributed by atoms with Crippen molar-refractivity contribution in [3.8, 4) is 29.3 Å². The molecule has 4 N–H and O–H groups in total. The number of nitrogen functional groups attached to an aromatic ring is 2. The number of nitrogens with two attached hydrogens (primary N) is 2. The maximum Gasteiger partial charge on any atom is 0.343 e. The fourth-order valence-electron chi connectivity index (χ4n) is 5.34. The Balaban J connectivity index is 1.25. The fraction of sp³-hybridized carbons (Fsp3) is 0.147. The average molecular weight is 758 g/mol. The van der Waals surface area contributed by atoms with Gasteiger partial charge in [0.25, 0.3) is 11.9 Å². The molecule has 0 atom stereocenters. The van der Waals surface area contributed by atoms with E-state index >= 15 is 0 Å². The SMILES string of the molecule is COC(=O)c1cnn(-c2ccccc2)c1N=Nc1c(C)nn(-c2nc(OC)nc(-n3nc(C)c(N=Nc4c(C(=O)OC)cnn4-c4ccccc4)c3N)n2)c1N. The van der Waals surface area contributed by atoms with Crippen molar-refractivity contribution < 1.29 is 23.8 Å². The lowest BCUT2D eigenvalue weighted by molar-refractivity contribution is 0.0592. The van der Waals surface area contributed by atoms with Crippen molar-refractivity contribution in [2.24, 2.45) is 20.5 Å². The molecule has 2 aromatic carbocycles. The van der Waals surface area contributed by atoms with Gasteiger partial charge in [0.1, 0.15) is 11.1 Å². The second-order valence-electron chi connectivity index (χ2n) is 11.5. The molecule has 22 nitrogen and oxygen atoms in total. The van der Waals surface area contributed by atoms with Gasteiger partial charge in [-0.3, -0.25) is 0 Å². The third kappa shape index (κ3) is 6.63. The van der Waals surface area contributed by atoms with E-state index in [1.807, 2.05) is 36.4 Å². The van der Waals surface area contributed by atoms with E-state index in [1.165, 1.54) is 52.5 Å². The van der Waals surface area contributed by atoms with Crippen molar-refractivity contribution in [3.05, 3.63) is 95.6 Å². The minimum absolute atomic E-state index is 0.00797. The van der Waals surface area contributed by atoms with Crippen LogP contribution in [0.5, 0.6) is 6.01 Å². The Morgan fingerprint density at radius 2 is 1.00 bits per heavy atom. The average Bonchev–Trinajstić information content (AvgIpc) is 3.99. The molecule has 0 aliphatic carbocycles. The van der Waals surface area contributed by atoms with Crippen molar-refractivity contribution in [1.82, 2.24) is 54.1 Å². The summed E-state index contributed by atoms with van der Waals surface area (Å²) in [6.07, 6.45) is 2.67. The Kier molecular flexibility index (Phi) is 9.73. The van der Waals surface area contributed by atoms with Gasteiger partial charge in [-0.2, -0.15) is 44.7 Å². The number of ether oxygens (including phenoxy) is 3. The van der Waals surface area contributed by atoms with Crippen LogP contribution in [0.4, 0.5) is 34.6 Å². The molecule has 22 heteroatoms. The van der Waals surface area contributed by atoms with E-state index in [0.29, 0.717) is 22.8 Å². The first-order valence-corrected chi connectivity index (χ1v) is 16.4. The number of carbonyl (C=O) groups excluding carboxylic acids is 2. The first kappa shape index (κ1) is 36.2. The molecule has 5 aromatic heterocycles. The topological polar surface area (TPSA) is 273 Å². The van der Waals surface area contributed by atoms with Crippen LogP contribution in [0.2, 0.25) is 0 Å². The Hall–Kier alpha value is -8.17. The lowest BCUT2D eigenvalue weighted by atomic mass is 10.3. The van der Waals surface area contributed by atoms with Crippen molar-refractivity contribution in [3.63, 3.8) is 0 Å². The molecule has 0 aliphatic heterocycles. The molecule has 7 rings (SSSR count). The predicted molar refractivity (Wildman–Crippen MR) is 197 cm³/mol. The van der Waals surface area contributed by atoms with Gasteiger partial charge < -0.3 is 25.7 Å². The zero-order valence-electron chi connectivity index (χ0n) is 30.3. The number of aryl methyl sites for hydroxylation is 2. The number of benzene rings is 2. The highest BCUT2D eigenvalue weighted by molar-refractivity contribution is 5.94. The maximum absolute atomic E-state index is 12.6. The standard InChI is InChI=1S/C34H31N17O5/c1-18-24(42-44-28-22(30(52)54-3)16-37-48(28)20-12-8-6-9-13-20)26(35)50(46-18)32-39-33(41-34(40-32)56-5)51-27(36)25(19(2)47-51)43-45-29-23(31(53)55-4)17-38-49(29)21-14-10-7-11-15-21/h6-17H,35-36H2,1-5H3. The minimum atomic E-state index is -0.658. The highest BCUT2D eigenvalue weighted by Gasteiger charge is 2.24. The van der Waals surface area contributed by atoms with Gasteiger partial charge in [0, 0.05) is 0 Å². The summed E-state index contributed by atoms with van der Waals surface area (Å²) in [6, 6.07) is 18.0. The third-order valence-electron chi connectivity index (χ3n) is 8.07. The minimum Gasteiger partial charge on any atom is -0.467 e. The highest BCUT2D eigenvalue weighted by Crippen LogP contribution is 2.34. The molecule has 0 amide bonds. The zero-order chi connectivity index (χ0) is 39.5. The van der Waals surface area contributed by atoms with Crippen LogP contribution in [0.25, 0.3) is 23.3 Å². The molecule has 5 heterocycles. The summed E-state index contributed by atoms with van der Waals surface area (Å²) < 4.78 is 20.5. The van der Waals surface area contributed by atoms with E-state index in [9.17, 15) is 9.59 Å². The van der Waals surface area contributed by atoms with Crippen LogP contribution in [0.3, 0.4) is 0 Å². The van der Waals surface area contributed by atoms with Gasteiger partial charge in [-0.25, -0.2) is 19.0 Å². The van der Waals surface area contributed by atoms with Gasteiger partial charge >= 0.3 is 17.9 Å². The smallest absolute Gasteiger partial charge is 0.343 e. The number of nitrogens with zero attached hydrogens (tertiary/aromatic N) is 15. The summed E-state index contributed by atoms with van der Waals surface area (Å²) in [7, 11) is 3.86. The Labute approximate surface area is 316 Å². The van der Waals surface area contributed by atoms with Crippen molar-refractivity contribution >= 4 is 46.6 Å². The van der Waals surface area contributed by atoms with E-state index in [0.717, 1.165) is 0 Å². The molecule has 0 saturated heterocycles. The van der Waals surface area contributed by atoms with Gasteiger partial charge in [-0.15, -0.1) is 20.5 Å². The number of carbonyl (C=O) groups is 2. The number of rotatable bonds is 11. The van der Waals surface area contributed by atoms with Crippen LogP contribution in [0, 0.1) is 13.8 Å². The second kappa shape index (κ2) is 15.1. The third-order valence-corrected chi connectivity index (χ3v) is 8.07. The number of para-hydroxylation sites is 2. The lowest BCUT2D eigenvalue weighted by Gasteiger charge is -2.08. The molecular formula is C34H31N17O5. The van der Waals surface area contributed by atoms with Crippen LogP contribution in [-0.2, 0) is 9.47 Å². The number of methoxy groups -OCH3 is 3. The number of aromatic nitrogens is 11. The number of anilines is 2. The molecule has 0 bridgehead atoms. The number of esters is 2. The molecule has 0 unspecified atom stereocenters. The Morgan fingerprint density at radius 1 is 0.589 bits per heavy atom. The van der Waals surface area contributed by atoms with Crippen LogP contribution >= 0.6 is 0 Å². The van der Waals surface area contributed by atoms with Gasteiger partial charge in [0.05, 0.1) is 56.5 Å². The van der Waals surface area contributed by atoms with Gasteiger partial charge in [0.15, 0.2) is 34.6 Å². The van der Waals surface area contributed by atoms with E-state index in [1.54, 1.807) is 38.1 Å². The number of hydrogen-bond acceptors (Lipinski definition) is 18. The van der Waals surface area contributed by atoms with Gasteiger partial charge in [0.2, 0.25) is 0 Å². The molecule has 7 aromatic rings. The van der Waals surface area contributed by atoms with Crippen molar-refractivity contribution in [2.45, 2.75) is 13.8 Å². The van der Waals surface area contributed by atoms with Crippen molar-refractivity contribution in [2.75, 3.05) is 32.8 Å². The molecule has 282 valence electrons. The molecule has 0 aliphatic rings. The van der Waals surface area contributed by atoms with Crippen LogP contribution < -0.4 is 16.2 Å². The summed E-state index contributed by atoms with van der Waals surface area (Å²) in [5.41, 5.74) is 15.5. The number of hydrogen-bond donors (Lipinski definition) is 2. The molecule has 56 heavy (non-hydrogen) atoms. The molecule has 0 radical (unpaired) electrons. The van der Waals surface area contributed by atoms with Gasteiger partial charge in [-0.1, -0.05) is 36.4 Å². The van der Waals surface area contributed by atoms with E-state index in [-0.39, 0.29) is 63.7 Å². The fourth-order valence-corrected chi connectivity index (χ4v) is 5.34. The highest BCUT2D eigenvalue weighted by atomic mass is 16.5. The quantitative estimate of drug-likeness (QED) is 0.132. The first-order chi connectivity index (χ1) is 27.1. The predicted octanol–water partition coefficient (Wildman–Crippen LogP) is 4.81. The summed E-state index contributed by atoms with van der Waals surface area (Å²) in [4.78, 5) is 38.3. The largest absolute Gasteiger partial charge is 0.467 e. The summed E-state index contributed by atoms with van der Waals surface area (Å²) in [5, 5.41) is 35.0. The van der Waals surface area contributed by atoms with E-state index < -0.39 is 11.9 Å². The lowest BCUT2D eigenvalue weighted by Crippen LogP contribution is -2.14. The van der Waals surface area contributed by atoms with Gasteiger partial charge in [-0.05, 0) is 38.1 Å². The summed E-state index contributed by atoms with van der Waals surface area (Å²) in [6.45, 7) is 3.30. The van der Waals surface area contributed by atoms with Crippen LogP contribution in [0.1, 0.15) is 32.1 Å². The van der Waals surface area contributed by atoms with E-state index in [4.69, 9.17) is 25.7 Å². The maximum atomic E-state index is 12.6. The number of azo groups is 2. The normalized spacial score (nSPS) is 11.4. The first-order valence-electron chi connectivity index (χ1n) is 16.4. The molecule has 0 fully saturated rings. The second-order valence-corrected chi connectivity index (χ2v) is 11.5. The summed E-state index contributed by atoms with van der Waals surface area (Å²) in [5.74, 6) is -1.29. The molecule has 0 saturated carbocycles. The zero-order valence-corrected chi connectivity index (χ0v) is 30.3. The Bertz CT molecular complexity index is 2470. The molecule has 0 spiro atoms.